The van der Waals surface area contributed by atoms with E-state index in [1.165, 1.54) is 29.3 Å². The van der Waals surface area contributed by atoms with E-state index in [1.807, 2.05) is 7.05 Å². The molecule has 0 bridgehead atoms. The monoisotopic (exact) mass is 267 g/mol. The van der Waals surface area contributed by atoms with Gasteiger partial charge in [0.25, 0.3) is 0 Å². The minimum Gasteiger partial charge on any atom is -0.319 e. The summed E-state index contributed by atoms with van der Waals surface area (Å²) in [4.78, 5) is 0. The van der Waals surface area contributed by atoms with Gasteiger partial charge in [-0.05, 0) is 49.4 Å². The number of halogens is 1. The lowest BCUT2D eigenvalue weighted by Gasteiger charge is -2.34. The summed E-state index contributed by atoms with van der Waals surface area (Å²) in [7, 11) is 2.05. The van der Waals surface area contributed by atoms with E-state index in [-0.39, 0.29) is 0 Å². The van der Waals surface area contributed by atoms with Crippen molar-refractivity contribution in [2.75, 3.05) is 13.6 Å². The average Bonchev–Trinajstić information content (AvgIpc) is 2.14. The SMILES string of the molecule is CNCC(c1cccc(Br)c1)C1CCC1. The minimum absolute atomic E-state index is 0.696. The van der Waals surface area contributed by atoms with E-state index in [1.54, 1.807) is 0 Å². The number of hydrogen-bond acceptors (Lipinski definition) is 1. The molecular formula is C13H18BrN. The fraction of sp³-hybridized carbons (Fsp3) is 0.538. The van der Waals surface area contributed by atoms with Crippen LogP contribution in [0.3, 0.4) is 0 Å². The first-order valence-corrected chi connectivity index (χ1v) is 6.50. The predicted octanol–water partition coefficient (Wildman–Crippen LogP) is 3.55. The molecule has 1 aliphatic rings. The van der Waals surface area contributed by atoms with Crippen LogP contribution < -0.4 is 5.32 Å². The molecule has 2 heteroatoms. The first-order valence-electron chi connectivity index (χ1n) is 5.71. The Morgan fingerprint density at radius 1 is 1.47 bits per heavy atom. The minimum atomic E-state index is 0.696. The zero-order valence-corrected chi connectivity index (χ0v) is 10.8. The van der Waals surface area contributed by atoms with Gasteiger partial charge in [0.05, 0.1) is 0 Å². The van der Waals surface area contributed by atoms with Crippen LogP contribution in [0.1, 0.15) is 30.7 Å². The lowest BCUT2D eigenvalue weighted by Crippen LogP contribution is -2.28. The number of nitrogens with one attached hydrogen (secondary N) is 1. The van der Waals surface area contributed by atoms with Gasteiger partial charge in [-0.15, -0.1) is 0 Å². The summed E-state index contributed by atoms with van der Waals surface area (Å²) in [5, 5.41) is 3.32. The molecule has 0 saturated heterocycles. The fourth-order valence-electron chi connectivity index (χ4n) is 2.36. The van der Waals surface area contributed by atoms with Gasteiger partial charge < -0.3 is 5.32 Å². The highest BCUT2D eigenvalue weighted by Crippen LogP contribution is 2.39. The Morgan fingerprint density at radius 3 is 2.80 bits per heavy atom. The standard InChI is InChI=1S/C13H18BrN/c1-15-9-13(10-4-2-5-10)11-6-3-7-12(14)8-11/h3,6-8,10,13,15H,2,4-5,9H2,1H3. The molecule has 1 aliphatic carbocycles. The Morgan fingerprint density at radius 2 is 2.27 bits per heavy atom. The van der Waals surface area contributed by atoms with Crippen molar-refractivity contribution in [1.29, 1.82) is 0 Å². The van der Waals surface area contributed by atoms with E-state index in [0.717, 1.165) is 12.5 Å². The summed E-state index contributed by atoms with van der Waals surface area (Å²) in [5.74, 6) is 1.59. The highest BCUT2D eigenvalue weighted by atomic mass is 79.9. The third-order valence-electron chi connectivity index (χ3n) is 3.42. The predicted molar refractivity (Wildman–Crippen MR) is 68.2 cm³/mol. The van der Waals surface area contributed by atoms with Crippen molar-refractivity contribution >= 4 is 15.9 Å². The quantitative estimate of drug-likeness (QED) is 0.880. The first kappa shape index (κ1) is 11.2. The lowest BCUT2D eigenvalue weighted by atomic mass is 9.73. The average molecular weight is 268 g/mol. The Bertz CT molecular complexity index is 320. The van der Waals surface area contributed by atoms with Gasteiger partial charge in [-0.3, -0.25) is 0 Å². The summed E-state index contributed by atoms with van der Waals surface area (Å²) in [6.07, 6.45) is 4.22. The van der Waals surface area contributed by atoms with Crippen LogP contribution in [0, 0.1) is 5.92 Å². The zero-order valence-electron chi connectivity index (χ0n) is 9.17. The Labute approximate surface area is 100 Å². The molecule has 2 rings (SSSR count). The van der Waals surface area contributed by atoms with Gasteiger partial charge in [-0.25, -0.2) is 0 Å². The fourth-order valence-corrected chi connectivity index (χ4v) is 2.77. The molecule has 1 unspecified atom stereocenters. The van der Waals surface area contributed by atoms with E-state index in [2.05, 4.69) is 45.5 Å². The van der Waals surface area contributed by atoms with E-state index in [4.69, 9.17) is 0 Å². The number of hydrogen-bond donors (Lipinski definition) is 1. The van der Waals surface area contributed by atoms with Crippen molar-refractivity contribution < 1.29 is 0 Å². The number of benzene rings is 1. The summed E-state index contributed by atoms with van der Waals surface area (Å²) in [6.45, 7) is 1.10. The highest BCUT2D eigenvalue weighted by Gasteiger charge is 2.27. The first-order chi connectivity index (χ1) is 7.31. The van der Waals surface area contributed by atoms with Crippen LogP contribution in [0.5, 0.6) is 0 Å². The molecule has 0 aromatic heterocycles. The van der Waals surface area contributed by atoms with E-state index in [0.29, 0.717) is 5.92 Å². The van der Waals surface area contributed by atoms with Crippen LogP contribution in [-0.4, -0.2) is 13.6 Å². The number of rotatable bonds is 4. The van der Waals surface area contributed by atoms with Gasteiger partial charge in [0.15, 0.2) is 0 Å². The maximum atomic E-state index is 3.55. The molecule has 0 heterocycles. The molecule has 0 amide bonds. The Hall–Kier alpha value is -0.340. The molecule has 1 nitrogen and oxygen atoms in total. The van der Waals surface area contributed by atoms with Crippen molar-refractivity contribution in [3.8, 4) is 0 Å². The van der Waals surface area contributed by atoms with Crippen LogP contribution in [0.25, 0.3) is 0 Å². The second kappa shape index (κ2) is 5.13. The van der Waals surface area contributed by atoms with Gasteiger partial charge >= 0.3 is 0 Å². The summed E-state index contributed by atoms with van der Waals surface area (Å²) in [5.41, 5.74) is 1.48. The zero-order chi connectivity index (χ0) is 10.7. The van der Waals surface area contributed by atoms with Crippen molar-refractivity contribution in [3.05, 3.63) is 34.3 Å². The molecule has 0 aliphatic heterocycles. The van der Waals surface area contributed by atoms with E-state index in [9.17, 15) is 0 Å². The Kier molecular flexibility index (Phi) is 3.81. The van der Waals surface area contributed by atoms with Crippen LogP contribution >= 0.6 is 15.9 Å². The molecule has 0 spiro atoms. The lowest BCUT2D eigenvalue weighted by molar-refractivity contribution is 0.257. The molecule has 1 atom stereocenters. The smallest absolute Gasteiger partial charge is 0.0178 e. The van der Waals surface area contributed by atoms with Crippen molar-refractivity contribution in [3.63, 3.8) is 0 Å². The maximum absolute atomic E-state index is 3.55. The highest BCUT2D eigenvalue weighted by molar-refractivity contribution is 9.10. The second-order valence-electron chi connectivity index (χ2n) is 4.41. The van der Waals surface area contributed by atoms with Crippen LogP contribution in [0.15, 0.2) is 28.7 Å². The largest absolute Gasteiger partial charge is 0.319 e. The molecule has 1 aromatic rings. The van der Waals surface area contributed by atoms with E-state index >= 15 is 0 Å². The van der Waals surface area contributed by atoms with Gasteiger partial charge in [0.2, 0.25) is 0 Å². The summed E-state index contributed by atoms with van der Waals surface area (Å²) < 4.78 is 1.19. The van der Waals surface area contributed by atoms with Gasteiger partial charge in [-0.2, -0.15) is 0 Å². The molecule has 0 radical (unpaired) electrons. The second-order valence-corrected chi connectivity index (χ2v) is 5.33. The summed E-state index contributed by atoms with van der Waals surface area (Å²) in [6, 6.07) is 8.76. The normalized spacial score (nSPS) is 18.5. The molecule has 15 heavy (non-hydrogen) atoms. The van der Waals surface area contributed by atoms with Crippen molar-refractivity contribution in [2.24, 2.45) is 5.92 Å². The van der Waals surface area contributed by atoms with Crippen LogP contribution in [0.2, 0.25) is 0 Å². The van der Waals surface area contributed by atoms with Gasteiger partial charge in [0, 0.05) is 11.0 Å². The molecular weight excluding hydrogens is 250 g/mol. The molecule has 1 fully saturated rings. The topological polar surface area (TPSA) is 12.0 Å². The van der Waals surface area contributed by atoms with E-state index < -0.39 is 0 Å². The van der Waals surface area contributed by atoms with Crippen molar-refractivity contribution in [1.82, 2.24) is 5.32 Å². The third-order valence-corrected chi connectivity index (χ3v) is 3.91. The molecule has 1 N–H and O–H groups in total. The van der Waals surface area contributed by atoms with Gasteiger partial charge in [-0.1, -0.05) is 34.5 Å². The third kappa shape index (κ3) is 2.61. The summed E-state index contributed by atoms with van der Waals surface area (Å²) >= 11 is 3.55. The number of likely N-dealkylation sites (N-methyl/N-ethyl adjacent to an activating group) is 1. The molecule has 1 aromatic carbocycles. The maximum Gasteiger partial charge on any atom is 0.0178 e. The van der Waals surface area contributed by atoms with Crippen LogP contribution in [0.4, 0.5) is 0 Å². The van der Waals surface area contributed by atoms with Gasteiger partial charge in [0.1, 0.15) is 0 Å². The van der Waals surface area contributed by atoms with Crippen molar-refractivity contribution in [2.45, 2.75) is 25.2 Å². The molecule has 1 saturated carbocycles. The Balaban J connectivity index is 2.15. The molecule has 82 valence electrons. The van der Waals surface area contributed by atoms with Crippen LogP contribution in [-0.2, 0) is 0 Å².